The minimum atomic E-state index is 0.203. The van der Waals surface area contributed by atoms with Crippen LogP contribution >= 0.6 is 0 Å². The monoisotopic (exact) mass is 329 g/mol. The van der Waals surface area contributed by atoms with Crippen molar-refractivity contribution in [1.82, 2.24) is 14.7 Å². The van der Waals surface area contributed by atoms with Gasteiger partial charge < -0.3 is 4.90 Å². The third kappa shape index (κ3) is 3.98. The average molecular weight is 329 g/mol. The maximum atomic E-state index is 12.8. The summed E-state index contributed by atoms with van der Waals surface area (Å²) in [7, 11) is 0. The van der Waals surface area contributed by atoms with Gasteiger partial charge in [-0.2, -0.15) is 0 Å². The van der Waals surface area contributed by atoms with Crippen molar-refractivity contribution in [2.45, 2.75) is 45.7 Å². The predicted octanol–water partition coefficient (Wildman–Crippen LogP) is 2.84. The van der Waals surface area contributed by atoms with Crippen molar-refractivity contribution in [3.05, 3.63) is 35.4 Å². The summed E-state index contributed by atoms with van der Waals surface area (Å²) in [5.41, 5.74) is 2.12. The Morgan fingerprint density at radius 1 is 1.08 bits per heavy atom. The van der Waals surface area contributed by atoms with Gasteiger partial charge >= 0.3 is 0 Å². The van der Waals surface area contributed by atoms with E-state index in [0.717, 1.165) is 44.8 Å². The molecule has 4 heteroatoms. The second-order valence-corrected chi connectivity index (χ2v) is 7.10. The molecule has 0 radical (unpaired) electrons. The highest BCUT2D eigenvalue weighted by atomic mass is 16.2. The number of rotatable bonds is 5. The number of piperazine rings is 1. The Balaban J connectivity index is 1.60. The zero-order valence-corrected chi connectivity index (χ0v) is 15.2. The van der Waals surface area contributed by atoms with E-state index in [1.54, 1.807) is 0 Å². The SMILES string of the molecule is CCN(CC)Cc1ccc(C(=O)N2CCN3CCCCC3C2)cc1. The summed E-state index contributed by atoms with van der Waals surface area (Å²) in [5.74, 6) is 0.203. The third-order valence-electron chi connectivity index (χ3n) is 5.63. The van der Waals surface area contributed by atoms with Crippen molar-refractivity contribution in [2.24, 2.45) is 0 Å². The van der Waals surface area contributed by atoms with Crippen LogP contribution in [0, 0.1) is 0 Å². The lowest BCUT2D eigenvalue weighted by molar-refractivity contribution is 0.0372. The first-order valence-electron chi connectivity index (χ1n) is 9.56. The first kappa shape index (κ1) is 17.4. The maximum Gasteiger partial charge on any atom is 0.253 e. The summed E-state index contributed by atoms with van der Waals surface area (Å²) in [5, 5.41) is 0. The molecule has 2 saturated heterocycles. The Morgan fingerprint density at radius 2 is 1.83 bits per heavy atom. The van der Waals surface area contributed by atoms with Crippen LogP contribution in [0.25, 0.3) is 0 Å². The van der Waals surface area contributed by atoms with Gasteiger partial charge in [0.25, 0.3) is 5.91 Å². The molecule has 4 nitrogen and oxygen atoms in total. The van der Waals surface area contributed by atoms with Gasteiger partial charge in [0.2, 0.25) is 0 Å². The molecule has 2 fully saturated rings. The number of hydrogen-bond acceptors (Lipinski definition) is 3. The molecule has 2 aliphatic heterocycles. The normalized spacial score (nSPS) is 21.8. The standard InChI is InChI=1S/C20H31N3O/c1-3-21(4-2)15-17-8-10-18(11-9-17)20(24)23-14-13-22-12-6-5-7-19(22)16-23/h8-11,19H,3-7,12-16H2,1-2H3. The van der Waals surface area contributed by atoms with Crippen molar-refractivity contribution in [2.75, 3.05) is 39.3 Å². The summed E-state index contributed by atoms with van der Waals surface area (Å²) in [4.78, 5) is 19.8. The molecule has 3 rings (SSSR count). The molecule has 0 N–H and O–H groups in total. The minimum absolute atomic E-state index is 0.203. The van der Waals surface area contributed by atoms with E-state index in [4.69, 9.17) is 0 Å². The molecule has 1 atom stereocenters. The van der Waals surface area contributed by atoms with Crippen LogP contribution in [0.3, 0.4) is 0 Å². The quantitative estimate of drug-likeness (QED) is 0.831. The Hall–Kier alpha value is -1.39. The second kappa shape index (κ2) is 8.13. The largest absolute Gasteiger partial charge is 0.336 e. The smallest absolute Gasteiger partial charge is 0.253 e. The van der Waals surface area contributed by atoms with Crippen molar-refractivity contribution in [1.29, 1.82) is 0 Å². The molecule has 0 saturated carbocycles. The fraction of sp³-hybridized carbons (Fsp3) is 0.650. The van der Waals surface area contributed by atoms with Gasteiger partial charge in [-0.3, -0.25) is 14.6 Å². The van der Waals surface area contributed by atoms with Crippen LogP contribution in [0.2, 0.25) is 0 Å². The van der Waals surface area contributed by atoms with Gasteiger partial charge in [-0.05, 0) is 50.2 Å². The van der Waals surface area contributed by atoms with Gasteiger partial charge in [0.05, 0.1) is 0 Å². The number of carbonyl (C=O) groups excluding carboxylic acids is 1. The van der Waals surface area contributed by atoms with Crippen molar-refractivity contribution < 1.29 is 4.79 Å². The molecule has 132 valence electrons. The molecule has 0 aliphatic carbocycles. The zero-order valence-electron chi connectivity index (χ0n) is 15.2. The lowest BCUT2D eigenvalue weighted by atomic mass is 9.99. The fourth-order valence-electron chi connectivity index (χ4n) is 3.98. The van der Waals surface area contributed by atoms with Crippen LogP contribution in [-0.2, 0) is 6.54 Å². The molecule has 2 heterocycles. The van der Waals surface area contributed by atoms with Gasteiger partial charge in [-0.25, -0.2) is 0 Å². The molecular formula is C20H31N3O. The summed E-state index contributed by atoms with van der Waals surface area (Å²) >= 11 is 0. The van der Waals surface area contributed by atoms with Gasteiger partial charge in [-0.1, -0.05) is 32.4 Å². The van der Waals surface area contributed by atoms with E-state index in [1.807, 2.05) is 12.1 Å². The van der Waals surface area contributed by atoms with Crippen LogP contribution in [0.1, 0.15) is 49.0 Å². The molecular weight excluding hydrogens is 298 g/mol. The molecule has 0 spiro atoms. The van der Waals surface area contributed by atoms with E-state index < -0.39 is 0 Å². The Morgan fingerprint density at radius 3 is 2.54 bits per heavy atom. The summed E-state index contributed by atoms with van der Waals surface area (Å²) in [6, 6.07) is 8.83. The number of nitrogens with zero attached hydrogens (tertiary/aromatic N) is 3. The predicted molar refractivity (Wildman–Crippen MR) is 98.2 cm³/mol. The second-order valence-electron chi connectivity index (χ2n) is 7.10. The maximum absolute atomic E-state index is 12.8. The van der Waals surface area contributed by atoms with Crippen molar-refractivity contribution in [3.8, 4) is 0 Å². The molecule has 1 aromatic rings. The number of benzene rings is 1. The number of amides is 1. The molecule has 1 unspecified atom stereocenters. The Bertz CT molecular complexity index is 538. The van der Waals surface area contributed by atoms with Crippen LogP contribution < -0.4 is 0 Å². The van der Waals surface area contributed by atoms with E-state index in [2.05, 4.69) is 40.7 Å². The van der Waals surface area contributed by atoms with Gasteiger partial charge in [0.15, 0.2) is 0 Å². The summed E-state index contributed by atoms with van der Waals surface area (Å²) in [6.45, 7) is 11.5. The number of fused-ring (bicyclic) bond motifs is 1. The lowest BCUT2D eigenvalue weighted by Crippen LogP contribution is -2.56. The van der Waals surface area contributed by atoms with Gasteiger partial charge in [0.1, 0.15) is 0 Å². The topological polar surface area (TPSA) is 26.8 Å². The highest BCUT2D eigenvalue weighted by Crippen LogP contribution is 2.22. The highest BCUT2D eigenvalue weighted by molar-refractivity contribution is 5.94. The Kier molecular flexibility index (Phi) is 5.90. The van der Waals surface area contributed by atoms with E-state index in [-0.39, 0.29) is 5.91 Å². The number of carbonyl (C=O) groups is 1. The Labute approximate surface area is 146 Å². The molecule has 2 aliphatic rings. The van der Waals surface area contributed by atoms with Crippen LogP contribution in [0.5, 0.6) is 0 Å². The molecule has 1 aromatic carbocycles. The summed E-state index contributed by atoms with van der Waals surface area (Å²) in [6.07, 6.45) is 3.87. The summed E-state index contributed by atoms with van der Waals surface area (Å²) < 4.78 is 0. The highest BCUT2D eigenvalue weighted by Gasteiger charge is 2.31. The number of hydrogen-bond donors (Lipinski definition) is 0. The molecule has 24 heavy (non-hydrogen) atoms. The lowest BCUT2D eigenvalue weighted by Gasteiger charge is -2.44. The minimum Gasteiger partial charge on any atom is -0.336 e. The van der Waals surface area contributed by atoms with Crippen LogP contribution in [0.15, 0.2) is 24.3 Å². The van der Waals surface area contributed by atoms with Crippen molar-refractivity contribution >= 4 is 5.91 Å². The molecule has 0 bridgehead atoms. The van der Waals surface area contributed by atoms with Crippen LogP contribution in [-0.4, -0.2) is 65.9 Å². The molecule has 0 aromatic heterocycles. The first-order valence-corrected chi connectivity index (χ1v) is 9.56. The van der Waals surface area contributed by atoms with E-state index in [1.165, 1.54) is 31.4 Å². The molecule has 1 amide bonds. The van der Waals surface area contributed by atoms with Gasteiger partial charge in [0, 0.05) is 37.8 Å². The fourth-order valence-corrected chi connectivity index (χ4v) is 3.98. The van der Waals surface area contributed by atoms with E-state index >= 15 is 0 Å². The number of piperidine rings is 1. The van der Waals surface area contributed by atoms with Crippen molar-refractivity contribution in [3.63, 3.8) is 0 Å². The van der Waals surface area contributed by atoms with E-state index in [9.17, 15) is 4.79 Å². The first-order chi connectivity index (χ1) is 11.7. The average Bonchev–Trinajstić information content (AvgIpc) is 2.65. The zero-order chi connectivity index (χ0) is 16.9. The van der Waals surface area contributed by atoms with E-state index in [0.29, 0.717) is 6.04 Å². The van der Waals surface area contributed by atoms with Crippen LogP contribution in [0.4, 0.5) is 0 Å². The van der Waals surface area contributed by atoms with Gasteiger partial charge in [-0.15, -0.1) is 0 Å². The third-order valence-corrected chi connectivity index (χ3v) is 5.63.